The summed E-state index contributed by atoms with van der Waals surface area (Å²) in [6.45, 7) is 3.97. The van der Waals surface area contributed by atoms with Gasteiger partial charge in [-0.25, -0.2) is 4.39 Å². The number of carbonyl (C=O) groups excluding carboxylic acids is 1. The lowest BCUT2D eigenvalue weighted by Crippen LogP contribution is -2.40. The zero-order valence-electron chi connectivity index (χ0n) is 17.1. The average molecular weight is 420 g/mol. The number of hydrogen-bond donors (Lipinski definition) is 1. The van der Waals surface area contributed by atoms with Gasteiger partial charge in [0, 0.05) is 12.3 Å². The summed E-state index contributed by atoms with van der Waals surface area (Å²) < 4.78 is 30.6. The molecule has 1 aliphatic heterocycles. The molecule has 0 unspecified atom stereocenters. The van der Waals surface area contributed by atoms with Crippen molar-refractivity contribution in [1.29, 1.82) is 0 Å². The smallest absolute Gasteiger partial charge is 0.244 e. The second-order valence-electron chi connectivity index (χ2n) is 7.50. The van der Waals surface area contributed by atoms with Crippen LogP contribution >= 0.6 is 0 Å². The summed E-state index contributed by atoms with van der Waals surface area (Å²) >= 11 is 0. The lowest BCUT2D eigenvalue weighted by atomic mass is 9.93. The van der Waals surface area contributed by atoms with Gasteiger partial charge in [0.05, 0.1) is 11.7 Å². The topological polar surface area (TPSA) is 69.7 Å². The van der Waals surface area contributed by atoms with Crippen molar-refractivity contribution < 1.29 is 23.4 Å². The fraction of sp³-hybridized carbons (Fsp3) is 0.167. The number of pyridine rings is 1. The summed E-state index contributed by atoms with van der Waals surface area (Å²) in [6, 6.07) is 13.4. The Morgan fingerprint density at radius 3 is 2.77 bits per heavy atom. The highest BCUT2D eigenvalue weighted by molar-refractivity contribution is 5.92. The summed E-state index contributed by atoms with van der Waals surface area (Å²) in [6.07, 6.45) is 6.02. The van der Waals surface area contributed by atoms with E-state index in [1.54, 1.807) is 30.5 Å². The van der Waals surface area contributed by atoms with E-state index in [4.69, 9.17) is 14.2 Å². The third-order valence-corrected chi connectivity index (χ3v) is 4.78. The van der Waals surface area contributed by atoms with Crippen molar-refractivity contribution in [3.05, 3.63) is 83.9 Å². The molecule has 3 aromatic rings. The van der Waals surface area contributed by atoms with Crippen LogP contribution in [-0.4, -0.2) is 17.7 Å². The maximum absolute atomic E-state index is 14.4. The number of carbonyl (C=O) groups is 1. The molecule has 4 rings (SSSR count). The second-order valence-corrected chi connectivity index (χ2v) is 7.50. The number of hydrogen-bond acceptors (Lipinski definition) is 5. The molecule has 0 radical (unpaired) electrons. The van der Waals surface area contributed by atoms with Gasteiger partial charge in [0.15, 0.2) is 23.1 Å². The molecular weight excluding hydrogens is 399 g/mol. The zero-order valence-corrected chi connectivity index (χ0v) is 17.1. The predicted molar refractivity (Wildman–Crippen MR) is 113 cm³/mol. The lowest BCUT2D eigenvalue weighted by Gasteiger charge is -2.26. The van der Waals surface area contributed by atoms with Crippen molar-refractivity contribution in [1.82, 2.24) is 10.3 Å². The Morgan fingerprint density at radius 2 is 2.00 bits per heavy atom. The minimum Gasteiger partial charge on any atom is -0.454 e. The average Bonchev–Trinajstić information content (AvgIpc) is 3.22. The first kappa shape index (κ1) is 20.4. The van der Waals surface area contributed by atoms with Crippen LogP contribution in [0.5, 0.6) is 23.0 Å². The molecule has 0 spiro atoms. The Labute approximate surface area is 179 Å². The van der Waals surface area contributed by atoms with Crippen LogP contribution in [0.25, 0.3) is 6.08 Å². The molecule has 31 heavy (non-hydrogen) atoms. The molecule has 158 valence electrons. The highest BCUT2D eigenvalue weighted by atomic mass is 19.1. The van der Waals surface area contributed by atoms with Gasteiger partial charge >= 0.3 is 0 Å². The van der Waals surface area contributed by atoms with E-state index in [0.717, 1.165) is 5.56 Å². The first-order valence-corrected chi connectivity index (χ1v) is 9.68. The first-order chi connectivity index (χ1) is 14.9. The number of rotatable bonds is 6. The van der Waals surface area contributed by atoms with Crippen LogP contribution in [0.3, 0.4) is 0 Å². The predicted octanol–water partition coefficient (Wildman–Crippen LogP) is 4.81. The van der Waals surface area contributed by atoms with Crippen LogP contribution < -0.4 is 19.5 Å². The third-order valence-electron chi connectivity index (χ3n) is 4.78. The van der Waals surface area contributed by atoms with Crippen molar-refractivity contribution in [2.24, 2.45) is 0 Å². The molecule has 0 atom stereocenters. The van der Waals surface area contributed by atoms with Gasteiger partial charge in [-0.3, -0.25) is 9.78 Å². The van der Waals surface area contributed by atoms with E-state index in [2.05, 4.69) is 10.3 Å². The fourth-order valence-corrected chi connectivity index (χ4v) is 3.12. The summed E-state index contributed by atoms with van der Waals surface area (Å²) in [5.74, 6) is 1.02. The monoisotopic (exact) mass is 420 g/mol. The highest BCUT2D eigenvalue weighted by Gasteiger charge is 2.25. The van der Waals surface area contributed by atoms with Gasteiger partial charge in [0.25, 0.3) is 0 Å². The fourth-order valence-electron chi connectivity index (χ4n) is 3.12. The number of nitrogens with one attached hydrogen (secondary N) is 1. The Hall–Kier alpha value is -3.87. The molecule has 1 N–H and O–H groups in total. The number of halogens is 1. The first-order valence-electron chi connectivity index (χ1n) is 9.68. The van der Waals surface area contributed by atoms with E-state index in [1.165, 1.54) is 24.4 Å². The summed E-state index contributed by atoms with van der Waals surface area (Å²) in [7, 11) is 0. The van der Waals surface area contributed by atoms with E-state index in [0.29, 0.717) is 22.8 Å². The van der Waals surface area contributed by atoms with Crippen molar-refractivity contribution in [3.63, 3.8) is 0 Å². The summed E-state index contributed by atoms with van der Waals surface area (Å²) in [5, 5.41) is 2.95. The Kier molecular flexibility index (Phi) is 5.58. The molecule has 6 nitrogen and oxygen atoms in total. The number of ether oxygens (including phenoxy) is 3. The minimum absolute atomic E-state index is 0.0820. The van der Waals surface area contributed by atoms with Crippen LogP contribution in [0.1, 0.15) is 25.0 Å². The maximum atomic E-state index is 14.4. The van der Waals surface area contributed by atoms with Gasteiger partial charge < -0.3 is 19.5 Å². The van der Waals surface area contributed by atoms with Crippen LogP contribution in [0, 0.1) is 5.82 Å². The lowest BCUT2D eigenvalue weighted by molar-refractivity contribution is -0.118. The maximum Gasteiger partial charge on any atom is 0.244 e. The van der Waals surface area contributed by atoms with E-state index in [1.807, 2.05) is 32.0 Å². The molecule has 7 heteroatoms. The van der Waals surface area contributed by atoms with Gasteiger partial charge in [-0.05, 0) is 67.4 Å². The second kappa shape index (κ2) is 8.47. The van der Waals surface area contributed by atoms with Crippen LogP contribution in [-0.2, 0) is 10.3 Å². The highest BCUT2D eigenvalue weighted by Crippen LogP contribution is 2.35. The summed E-state index contributed by atoms with van der Waals surface area (Å²) in [4.78, 5) is 16.4. The number of benzene rings is 2. The van der Waals surface area contributed by atoms with Crippen LogP contribution in [0.4, 0.5) is 4.39 Å². The van der Waals surface area contributed by atoms with E-state index < -0.39 is 11.4 Å². The standard InChI is InChI=1S/C24H21FN2O4/c1-24(2,17-7-9-21-22(13-17)30-15-29-21)27-23(28)10-6-16-5-8-20(19(25)12-16)31-18-4-3-11-26-14-18/h3-14H,15H2,1-2H3,(H,27,28)/b10-6+. The zero-order chi connectivity index (χ0) is 21.8. The molecule has 0 bridgehead atoms. The molecule has 0 saturated heterocycles. The van der Waals surface area contributed by atoms with Crippen molar-refractivity contribution >= 4 is 12.0 Å². The SMILES string of the molecule is CC(C)(NC(=O)/C=C/c1ccc(Oc2cccnc2)c(F)c1)c1ccc2c(c1)OCO2. The number of amides is 1. The number of fused-ring (bicyclic) bond motifs is 1. The molecule has 0 saturated carbocycles. The van der Waals surface area contributed by atoms with Gasteiger partial charge in [0.1, 0.15) is 5.75 Å². The molecule has 0 aliphatic carbocycles. The molecule has 0 fully saturated rings. The van der Waals surface area contributed by atoms with E-state index in [9.17, 15) is 9.18 Å². The Balaban J connectivity index is 1.41. The Bertz CT molecular complexity index is 1130. The van der Waals surface area contributed by atoms with Crippen LogP contribution in [0.15, 0.2) is 67.0 Å². The van der Waals surface area contributed by atoms with Crippen LogP contribution in [0.2, 0.25) is 0 Å². The molecule has 2 heterocycles. The van der Waals surface area contributed by atoms with Crippen molar-refractivity contribution in [2.75, 3.05) is 6.79 Å². The van der Waals surface area contributed by atoms with Crippen molar-refractivity contribution in [3.8, 4) is 23.0 Å². The van der Waals surface area contributed by atoms with E-state index >= 15 is 0 Å². The third kappa shape index (κ3) is 4.83. The largest absolute Gasteiger partial charge is 0.454 e. The molecule has 1 aromatic heterocycles. The molecular formula is C24H21FN2O4. The Morgan fingerprint density at radius 1 is 1.16 bits per heavy atom. The molecule has 1 aliphatic rings. The molecule has 2 aromatic carbocycles. The van der Waals surface area contributed by atoms with E-state index in [-0.39, 0.29) is 18.4 Å². The van der Waals surface area contributed by atoms with Gasteiger partial charge in [-0.15, -0.1) is 0 Å². The number of aromatic nitrogens is 1. The van der Waals surface area contributed by atoms with Gasteiger partial charge in [0.2, 0.25) is 12.7 Å². The quantitative estimate of drug-likeness (QED) is 0.580. The van der Waals surface area contributed by atoms with Gasteiger partial charge in [-0.1, -0.05) is 12.1 Å². The normalized spacial score (nSPS) is 12.7. The van der Waals surface area contributed by atoms with Gasteiger partial charge in [-0.2, -0.15) is 0 Å². The van der Waals surface area contributed by atoms with Crippen molar-refractivity contribution in [2.45, 2.75) is 19.4 Å². The molecule has 1 amide bonds. The number of nitrogens with zero attached hydrogens (tertiary/aromatic N) is 1. The summed E-state index contributed by atoms with van der Waals surface area (Å²) in [5.41, 5.74) is 0.767. The minimum atomic E-state index is -0.644.